The molecular weight excluding hydrogens is 364 g/mol. The number of nitrogens with zero attached hydrogens (tertiary/aromatic N) is 2. The molecule has 0 aliphatic heterocycles. The Balaban J connectivity index is 1.63. The first-order chi connectivity index (χ1) is 13.0. The lowest BCUT2D eigenvalue weighted by Crippen LogP contribution is -2.14. The molecule has 3 aromatic rings. The van der Waals surface area contributed by atoms with E-state index in [1.807, 2.05) is 24.3 Å². The van der Waals surface area contributed by atoms with E-state index in [2.05, 4.69) is 20.6 Å². The van der Waals surface area contributed by atoms with Gasteiger partial charge in [-0.2, -0.15) is 0 Å². The molecule has 7 heteroatoms. The lowest BCUT2D eigenvalue weighted by atomic mass is 10.1. The van der Waals surface area contributed by atoms with Crippen LogP contribution in [-0.2, 0) is 6.54 Å². The van der Waals surface area contributed by atoms with Crippen LogP contribution in [0.5, 0.6) is 0 Å². The molecule has 136 valence electrons. The van der Waals surface area contributed by atoms with Crippen LogP contribution in [0.4, 0.5) is 11.6 Å². The minimum absolute atomic E-state index is 0.0663. The van der Waals surface area contributed by atoms with Crippen molar-refractivity contribution in [3.63, 3.8) is 0 Å². The molecule has 0 fully saturated rings. The molecule has 0 radical (unpaired) electrons. The maximum absolute atomic E-state index is 12.3. The number of anilines is 2. The van der Waals surface area contributed by atoms with E-state index in [-0.39, 0.29) is 11.7 Å². The molecule has 2 aromatic carbocycles. The molecule has 27 heavy (non-hydrogen) atoms. The van der Waals surface area contributed by atoms with Crippen molar-refractivity contribution in [1.82, 2.24) is 9.97 Å². The maximum Gasteiger partial charge on any atom is 0.258 e. The molecule has 0 aliphatic carbocycles. The second-order valence-electron chi connectivity index (χ2n) is 5.83. The Kier molecular flexibility index (Phi) is 5.78. The average molecular weight is 381 g/mol. The number of aromatic nitrogens is 2. The molecular formula is C20H17ClN4O2. The largest absolute Gasteiger partial charge is 0.350 e. The SMILES string of the molecule is CC(=O)c1cccc(NC(=O)c2cnc(NCc3ccccc3Cl)nc2)c1. The molecule has 0 saturated carbocycles. The van der Waals surface area contributed by atoms with E-state index in [0.717, 1.165) is 5.56 Å². The number of Topliss-reactive ketones (excluding diaryl/α,β-unsaturated/α-hetero) is 1. The van der Waals surface area contributed by atoms with Crippen molar-refractivity contribution in [2.24, 2.45) is 0 Å². The Labute approximate surface area is 161 Å². The summed E-state index contributed by atoms with van der Waals surface area (Å²) >= 11 is 6.11. The van der Waals surface area contributed by atoms with E-state index < -0.39 is 0 Å². The second-order valence-corrected chi connectivity index (χ2v) is 6.24. The van der Waals surface area contributed by atoms with E-state index in [1.165, 1.54) is 19.3 Å². The van der Waals surface area contributed by atoms with Crippen molar-refractivity contribution >= 4 is 34.9 Å². The molecule has 1 amide bonds. The maximum atomic E-state index is 12.3. The Morgan fingerprint density at radius 2 is 1.74 bits per heavy atom. The van der Waals surface area contributed by atoms with Gasteiger partial charge in [0.05, 0.1) is 5.56 Å². The summed E-state index contributed by atoms with van der Waals surface area (Å²) in [7, 11) is 0. The summed E-state index contributed by atoms with van der Waals surface area (Å²) in [6.07, 6.45) is 2.87. The number of ketones is 1. The molecule has 0 atom stereocenters. The minimum Gasteiger partial charge on any atom is -0.350 e. The van der Waals surface area contributed by atoms with E-state index in [1.54, 1.807) is 24.3 Å². The molecule has 1 aromatic heterocycles. The number of hydrogen-bond donors (Lipinski definition) is 2. The summed E-state index contributed by atoms with van der Waals surface area (Å²) in [6.45, 7) is 1.95. The number of halogens is 1. The van der Waals surface area contributed by atoms with Gasteiger partial charge in [-0.05, 0) is 30.7 Å². The topological polar surface area (TPSA) is 84.0 Å². The average Bonchev–Trinajstić information content (AvgIpc) is 2.68. The summed E-state index contributed by atoms with van der Waals surface area (Å²) < 4.78 is 0. The predicted molar refractivity (Wildman–Crippen MR) is 105 cm³/mol. The van der Waals surface area contributed by atoms with Crippen molar-refractivity contribution in [2.45, 2.75) is 13.5 Å². The minimum atomic E-state index is -0.353. The summed E-state index contributed by atoms with van der Waals surface area (Å²) in [6, 6.07) is 14.2. The van der Waals surface area contributed by atoms with Crippen LogP contribution in [0.15, 0.2) is 60.9 Å². The van der Waals surface area contributed by atoms with Crippen molar-refractivity contribution in [2.75, 3.05) is 10.6 Å². The molecule has 0 saturated heterocycles. The van der Waals surface area contributed by atoms with Crippen molar-refractivity contribution in [1.29, 1.82) is 0 Å². The first-order valence-electron chi connectivity index (χ1n) is 8.24. The lowest BCUT2D eigenvalue weighted by molar-refractivity contribution is 0.101. The molecule has 2 N–H and O–H groups in total. The third-order valence-corrected chi connectivity index (χ3v) is 4.20. The zero-order valence-corrected chi connectivity index (χ0v) is 15.3. The Morgan fingerprint density at radius 1 is 1.00 bits per heavy atom. The number of amides is 1. The first-order valence-corrected chi connectivity index (χ1v) is 8.62. The van der Waals surface area contributed by atoms with Crippen molar-refractivity contribution in [3.8, 4) is 0 Å². The van der Waals surface area contributed by atoms with E-state index in [0.29, 0.717) is 34.3 Å². The fourth-order valence-electron chi connectivity index (χ4n) is 2.37. The van der Waals surface area contributed by atoms with Gasteiger partial charge in [0.1, 0.15) is 0 Å². The smallest absolute Gasteiger partial charge is 0.258 e. The van der Waals surface area contributed by atoms with Gasteiger partial charge in [0, 0.05) is 35.2 Å². The van der Waals surface area contributed by atoms with Crippen LogP contribution in [0, 0.1) is 0 Å². The second kappa shape index (κ2) is 8.42. The summed E-state index contributed by atoms with van der Waals surface area (Å²) in [5.74, 6) is -0.0261. The predicted octanol–water partition coefficient (Wildman–Crippen LogP) is 4.20. The van der Waals surface area contributed by atoms with Crippen molar-refractivity contribution in [3.05, 3.63) is 82.6 Å². The highest BCUT2D eigenvalue weighted by Gasteiger charge is 2.09. The molecule has 1 heterocycles. The first kappa shape index (κ1) is 18.5. The Hall–Kier alpha value is -3.25. The fourth-order valence-corrected chi connectivity index (χ4v) is 2.57. The Morgan fingerprint density at radius 3 is 2.44 bits per heavy atom. The monoisotopic (exact) mass is 380 g/mol. The van der Waals surface area contributed by atoms with Crippen LogP contribution in [-0.4, -0.2) is 21.7 Å². The number of carbonyl (C=O) groups excluding carboxylic acids is 2. The van der Waals surface area contributed by atoms with Crippen molar-refractivity contribution < 1.29 is 9.59 Å². The number of rotatable bonds is 6. The molecule has 0 spiro atoms. The van der Waals surface area contributed by atoms with Gasteiger partial charge in [-0.15, -0.1) is 0 Å². The van der Waals surface area contributed by atoms with Gasteiger partial charge >= 0.3 is 0 Å². The van der Waals surface area contributed by atoms with E-state index >= 15 is 0 Å². The number of benzene rings is 2. The van der Waals surface area contributed by atoms with Crippen LogP contribution in [0.1, 0.15) is 33.2 Å². The van der Waals surface area contributed by atoms with Gasteiger partial charge in [0.25, 0.3) is 5.91 Å². The molecule has 0 unspecified atom stereocenters. The normalized spacial score (nSPS) is 10.3. The zero-order chi connectivity index (χ0) is 19.2. The molecule has 0 aliphatic rings. The van der Waals surface area contributed by atoms with Crippen LogP contribution in [0.3, 0.4) is 0 Å². The number of hydrogen-bond acceptors (Lipinski definition) is 5. The summed E-state index contributed by atoms with van der Waals surface area (Å²) in [5, 5.41) is 6.45. The van der Waals surface area contributed by atoms with Crippen LogP contribution >= 0.6 is 11.6 Å². The molecule has 6 nitrogen and oxygen atoms in total. The number of carbonyl (C=O) groups is 2. The van der Waals surface area contributed by atoms with Gasteiger partial charge < -0.3 is 10.6 Å². The highest BCUT2D eigenvalue weighted by Crippen LogP contribution is 2.16. The fraction of sp³-hybridized carbons (Fsp3) is 0.100. The van der Waals surface area contributed by atoms with Crippen LogP contribution in [0.25, 0.3) is 0 Å². The van der Waals surface area contributed by atoms with Gasteiger partial charge in [0.2, 0.25) is 5.95 Å². The van der Waals surface area contributed by atoms with Gasteiger partial charge in [0.15, 0.2) is 5.78 Å². The van der Waals surface area contributed by atoms with E-state index in [9.17, 15) is 9.59 Å². The summed E-state index contributed by atoms with van der Waals surface area (Å²) in [4.78, 5) is 32.0. The van der Waals surface area contributed by atoms with Crippen LogP contribution in [0.2, 0.25) is 5.02 Å². The van der Waals surface area contributed by atoms with Crippen LogP contribution < -0.4 is 10.6 Å². The standard InChI is InChI=1S/C20H17ClN4O2/c1-13(26)14-6-4-7-17(9-14)25-19(27)16-11-23-20(24-12-16)22-10-15-5-2-3-8-18(15)21/h2-9,11-12H,10H2,1H3,(H,25,27)(H,22,23,24). The third kappa shape index (κ3) is 4.89. The Bertz CT molecular complexity index is 974. The number of nitrogens with one attached hydrogen (secondary N) is 2. The van der Waals surface area contributed by atoms with Gasteiger partial charge in [-0.25, -0.2) is 9.97 Å². The van der Waals surface area contributed by atoms with E-state index in [4.69, 9.17) is 11.6 Å². The van der Waals surface area contributed by atoms with Gasteiger partial charge in [-0.3, -0.25) is 9.59 Å². The quantitative estimate of drug-likeness (QED) is 0.626. The molecule has 0 bridgehead atoms. The summed E-state index contributed by atoms with van der Waals surface area (Å²) in [5.41, 5.74) is 2.30. The lowest BCUT2D eigenvalue weighted by Gasteiger charge is -2.08. The highest BCUT2D eigenvalue weighted by molar-refractivity contribution is 6.31. The molecule has 3 rings (SSSR count). The zero-order valence-electron chi connectivity index (χ0n) is 14.6. The third-order valence-electron chi connectivity index (χ3n) is 3.84. The van der Waals surface area contributed by atoms with Gasteiger partial charge in [-0.1, -0.05) is 41.9 Å². The highest BCUT2D eigenvalue weighted by atomic mass is 35.5.